The highest BCUT2D eigenvalue weighted by Gasteiger charge is 2.15. The second-order valence-electron chi connectivity index (χ2n) is 6.52. The van der Waals surface area contributed by atoms with Gasteiger partial charge in [-0.1, -0.05) is 54.6 Å². The van der Waals surface area contributed by atoms with E-state index in [2.05, 4.69) is 79.9 Å². The van der Waals surface area contributed by atoms with Crippen LogP contribution in [0.25, 0.3) is 0 Å². The average molecular weight is 331 g/mol. The van der Waals surface area contributed by atoms with Crippen LogP contribution in [0, 0.1) is 6.92 Å². The van der Waals surface area contributed by atoms with Gasteiger partial charge in [-0.25, -0.2) is 0 Å². The van der Waals surface area contributed by atoms with E-state index < -0.39 is 0 Å². The summed E-state index contributed by atoms with van der Waals surface area (Å²) in [5, 5.41) is 4.77. The average Bonchev–Trinajstić information content (AvgIpc) is 3.09. The van der Waals surface area contributed by atoms with E-state index in [0.29, 0.717) is 0 Å². The Balaban J connectivity index is 1.90. The van der Waals surface area contributed by atoms with Crippen LogP contribution in [-0.4, -0.2) is 24.7 Å². The zero-order valence-corrected chi connectivity index (χ0v) is 15.2. The lowest BCUT2D eigenvalue weighted by molar-refractivity contribution is 0.524. The van der Waals surface area contributed by atoms with Crippen molar-refractivity contribution < 1.29 is 0 Å². The fourth-order valence-corrected chi connectivity index (χ4v) is 3.03. The van der Waals surface area contributed by atoms with Crippen molar-refractivity contribution in [1.82, 2.24) is 4.90 Å². The summed E-state index contributed by atoms with van der Waals surface area (Å²) in [6.45, 7) is 2.09. The van der Waals surface area contributed by atoms with Crippen LogP contribution in [0.4, 0.5) is 5.69 Å². The van der Waals surface area contributed by atoms with Crippen molar-refractivity contribution in [3.63, 3.8) is 0 Å². The molecule has 0 atom stereocenters. The van der Waals surface area contributed by atoms with Crippen LogP contribution in [0.2, 0.25) is 0 Å². The number of nitrogens with zero attached hydrogens (tertiary/aromatic N) is 2. The molecule has 2 aromatic rings. The topological polar surface area (TPSA) is 27.6 Å². The van der Waals surface area contributed by atoms with E-state index in [1.165, 1.54) is 16.8 Å². The van der Waals surface area contributed by atoms with Gasteiger partial charge in [0.15, 0.2) is 0 Å². The number of allylic oxidation sites excluding steroid dienone is 3. The Bertz CT molecular complexity index is 814. The maximum atomic E-state index is 4.77. The number of hydrogen-bond acceptors (Lipinski definition) is 3. The molecule has 0 fully saturated rings. The maximum absolute atomic E-state index is 4.77. The summed E-state index contributed by atoms with van der Waals surface area (Å²) in [5.41, 5.74) is 10.4. The van der Waals surface area contributed by atoms with Gasteiger partial charge >= 0.3 is 0 Å². The van der Waals surface area contributed by atoms with Crippen molar-refractivity contribution in [3.05, 3.63) is 89.1 Å². The number of para-hydroxylation sites is 1. The first kappa shape index (κ1) is 17.0. The fraction of sp³-hybridized carbons (Fsp3) is 0.227. The normalized spacial score (nSPS) is 14.1. The molecule has 3 heteroatoms. The summed E-state index contributed by atoms with van der Waals surface area (Å²) in [6.07, 6.45) is 6.25. The largest absolute Gasteiger partial charge is 0.378 e. The molecule has 3 nitrogen and oxygen atoms in total. The molecule has 1 aliphatic rings. The first-order valence-electron chi connectivity index (χ1n) is 8.64. The first-order chi connectivity index (χ1) is 12.1. The van der Waals surface area contributed by atoms with Crippen molar-refractivity contribution in [3.8, 4) is 0 Å². The van der Waals surface area contributed by atoms with Gasteiger partial charge in [-0.2, -0.15) is 5.10 Å². The first-order valence-corrected chi connectivity index (χ1v) is 8.64. The molecular weight excluding hydrogens is 306 g/mol. The van der Waals surface area contributed by atoms with Gasteiger partial charge in [-0.3, -0.25) is 5.43 Å². The van der Waals surface area contributed by atoms with Gasteiger partial charge in [0, 0.05) is 26.2 Å². The minimum atomic E-state index is 0.837. The number of hydrazone groups is 1. The van der Waals surface area contributed by atoms with E-state index in [1.807, 2.05) is 18.2 Å². The van der Waals surface area contributed by atoms with Gasteiger partial charge in [0.25, 0.3) is 0 Å². The highest BCUT2D eigenvalue weighted by Crippen LogP contribution is 2.25. The number of rotatable bonds is 6. The fourth-order valence-electron chi connectivity index (χ4n) is 3.03. The van der Waals surface area contributed by atoms with Crippen LogP contribution in [0.3, 0.4) is 0 Å². The van der Waals surface area contributed by atoms with Crippen LogP contribution in [0.5, 0.6) is 0 Å². The third kappa shape index (κ3) is 4.18. The molecule has 25 heavy (non-hydrogen) atoms. The number of likely N-dealkylation sites (N-methyl/N-ethyl adjacent to an activating group) is 1. The van der Waals surface area contributed by atoms with Gasteiger partial charge in [0.1, 0.15) is 0 Å². The summed E-state index contributed by atoms with van der Waals surface area (Å²) in [5.74, 6) is 0. The molecule has 128 valence electrons. The van der Waals surface area contributed by atoms with Crippen LogP contribution < -0.4 is 5.43 Å². The highest BCUT2D eigenvalue weighted by molar-refractivity contribution is 6.02. The standard InChI is InChI=1S/C22H25N3/c1-17-10-7-8-14-20(17)23-24-21(18-11-5-4-6-12-18)16-19-13-9-15-22(19)25(2)3/h4-12,14-15,23H,13,16H2,1-3H3. The van der Waals surface area contributed by atoms with Crippen LogP contribution in [-0.2, 0) is 0 Å². The number of hydrogen-bond donors (Lipinski definition) is 1. The summed E-state index contributed by atoms with van der Waals surface area (Å²) in [6, 6.07) is 18.6. The predicted octanol–water partition coefficient (Wildman–Crippen LogP) is 4.98. The van der Waals surface area contributed by atoms with Crippen molar-refractivity contribution in [2.75, 3.05) is 19.5 Å². The van der Waals surface area contributed by atoms with Crippen molar-refractivity contribution in [2.24, 2.45) is 5.10 Å². The molecule has 0 saturated heterocycles. The molecule has 0 bridgehead atoms. The molecule has 0 aromatic heterocycles. The van der Waals surface area contributed by atoms with Crippen LogP contribution in [0.15, 0.2) is 83.1 Å². The molecule has 0 spiro atoms. The van der Waals surface area contributed by atoms with Crippen molar-refractivity contribution in [1.29, 1.82) is 0 Å². The van der Waals surface area contributed by atoms with E-state index in [1.54, 1.807) is 0 Å². The lowest BCUT2D eigenvalue weighted by Crippen LogP contribution is -2.13. The molecule has 0 amide bonds. The zero-order chi connectivity index (χ0) is 17.6. The molecule has 0 aliphatic heterocycles. The minimum Gasteiger partial charge on any atom is -0.378 e. The molecular formula is C22H25N3. The van der Waals surface area contributed by atoms with E-state index in [9.17, 15) is 0 Å². The Kier molecular flexibility index (Phi) is 5.34. The van der Waals surface area contributed by atoms with Crippen LogP contribution >= 0.6 is 0 Å². The van der Waals surface area contributed by atoms with Crippen LogP contribution in [0.1, 0.15) is 24.0 Å². The molecule has 0 heterocycles. The van der Waals surface area contributed by atoms with Gasteiger partial charge < -0.3 is 4.90 Å². The number of nitrogens with one attached hydrogen (secondary N) is 1. The molecule has 0 radical (unpaired) electrons. The Hall–Kier alpha value is -2.81. The second kappa shape index (κ2) is 7.84. The third-order valence-corrected chi connectivity index (χ3v) is 4.43. The summed E-state index contributed by atoms with van der Waals surface area (Å²) < 4.78 is 0. The quantitative estimate of drug-likeness (QED) is 0.597. The van der Waals surface area contributed by atoms with E-state index >= 15 is 0 Å². The maximum Gasteiger partial charge on any atom is 0.0720 e. The Morgan fingerprint density at radius 3 is 2.48 bits per heavy atom. The second-order valence-corrected chi connectivity index (χ2v) is 6.52. The van der Waals surface area contributed by atoms with Crippen molar-refractivity contribution in [2.45, 2.75) is 19.8 Å². The molecule has 2 aromatic carbocycles. The van der Waals surface area contributed by atoms with E-state index in [-0.39, 0.29) is 0 Å². The molecule has 1 aliphatic carbocycles. The highest BCUT2D eigenvalue weighted by atomic mass is 15.3. The molecule has 1 N–H and O–H groups in total. The minimum absolute atomic E-state index is 0.837. The van der Waals surface area contributed by atoms with Gasteiger partial charge in [-0.05, 0) is 42.2 Å². The van der Waals surface area contributed by atoms with Gasteiger partial charge in [0.2, 0.25) is 0 Å². The van der Waals surface area contributed by atoms with E-state index in [0.717, 1.165) is 29.8 Å². The number of anilines is 1. The smallest absolute Gasteiger partial charge is 0.0720 e. The number of benzene rings is 2. The van der Waals surface area contributed by atoms with Gasteiger partial charge in [-0.15, -0.1) is 0 Å². The molecule has 3 rings (SSSR count). The lowest BCUT2D eigenvalue weighted by Gasteiger charge is -2.17. The molecule has 0 unspecified atom stereocenters. The summed E-state index contributed by atoms with van der Waals surface area (Å²) in [4.78, 5) is 2.18. The summed E-state index contributed by atoms with van der Waals surface area (Å²) >= 11 is 0. The Morgan fingerprint density at radius 2 is 1.76 bits per heavy atom. The monoisotopic (exact) mass is 331 g/mol. The SMILES string of the molecule is Cc1ccccc1NN=C(CC1=C(N(C)C)C=CC1)c1ccccc1. The number of aryl methyl sites for hydroxylation is 1. The van der Waals surface area contributed by atoms with E-state index in [4.69, 9.17) is 5.10 Å². The predicted molar refractivity (Wildman–Crippen MR) is 107 cm³/mol. The summed E-state index contributed by atoms with van der Waals surface area (Å²) in [7, 11) is 4.19. The molecule has 0 saturated carbocycles. The zero-order valence-electron chi connectivity index (χ0n) is 15.2. The van der Waals surface area contributed by atoms with Gasteiger partial charge in [0.05, 0.1) is 11.4 Å². The Morgan fingerprint density at radius 1 is 1.04 bits per heavy atom. The third-order valence-electron chi connectivity index (χ3n) is 4.43. The Labute approximate surface area is 150 Å². The van der Waals surface area contributed by atoms with Crippen molar-refractivity contribution >= 4 is 11.4 Å². The lowest BCUT2D eigenvalue weighted by atomic mass is 10.0.